The zero-order valence-electron chi connectivity index (χ0n) is 9.77. The lowest BCUT2D eigenvalue weighted by Gasteiger charge is -2.00. The van der Waals surface area contributed by atoms with Gasteiger partial charge in [-0.2, -0.15) is 0 Å². The van der Waals surface area contributed by atoms with E-state index < -0.39 is 10.0 Å². The molecule has 1 unspecified atom stereocenters. The van der Waals surface area contributed by atoms with E-state index in [1.165, 1.54) is 0 Å². The van der Waals surface area contributed by atoms with E-state index in [4.69, 9.17) is 0 Å². The van der Waals surface area contributed by atoms with Gasteiger partial charge in [-0.3, -0.25) is 9.71 Å². The van der Waals surface area contributed by atoms with Crippen LogP contribution in [0.15, 0.2) is 34.2 Å². The molecule has 2 aliphatic rings. The Morgan fingerprint density at radius 3 is 2.65 bits per heavy atom. The molecule has 0 amide bonds. The summed E-state index contributed by atoms with van der Waals surface area (Å²) in [4.78, 5) is 4.83. The van der Waals surface area contributed by atoms with E-state index in [0.29, 0.717) is 16.3 Å². The van der Waals surface area contributed by atoms with Crippen molar-refractivity contribution in [2.45, 2.75) is 31.2 Å². The zero-order valence-corrected chi connectivity index (χ0v) is 10.6. The molecule has 0 aromatic heterocycles. The van der Waals surface area contributed by atoms with Gasteiger partial charge in [0.05, 0.1) is 10.9 Å². The van der Waals surface area contributed by atoms with Crippen LogP contribution in [0.25, 0.3) is 0 Å². The maximum atomic E-state index is 11.8. The number of hydrogen-bond donors (Lipinski definition) is 1. The number of aliphatic imine (C=N–C) groups is 1. The van der Waals surface area contributed by atoms with E-state index in [1.807, 2.05) is 6.07 Å². The number of nitrogens with one attached hydrogen (secondary N) is 1. The molecular formula is C12H14N2O2S. The van der Waals surface area contributed by atoms with Crippen molar-refractivity contribution in [3.63, 3.8) is 0 Å². The van der Waals surface area contributed by atoms with Crippen molar-refractivity contribution in [3.05, 3.63) is 29.8 Å². The largest absolute Gasteiger partial charge is 0.263 e. The maximum absolute atomic E-state index is 11.8. The molecule has 5 heteroatoms. The molecule has 1 aromatic rings. The number of benzene rings is 1. The minimum atomic E-state index is -3.39. The van der Waals surface area contributed by atoms with Crippen LogP contribution in [-0.4, -0.2) is 20.3 Å². The van der Waals surface area contributed by atoms with Gasteiger partial charge in [-0.1, -0.05) is 26.0 Å². The van der Waals surface area contributed by atoms with E-state index in [0.717, 1.165) is 6.42 Å². The average Bonchev–Trinajstić information content (AvgIpc) is 2.75. The normalized spacial score (nSPS) is 29.8. The number of fused-ring (bicyclic) bond motifs is 1. The predicted octanol–water partition coefficient (Wildman–Crippen LogP) is 1.52. The smallest absolute Gasteiger partial charge is 0.263 e. The molecule has 1 aromatic carbocycles. The highest BCUT2D eigenvalue weighted by molar-refractivity contribution is 7.90. The molecule has 17 heavy (non-hydrogen) atoms. The van der Waals surface area contributed by atoms with E-state index in [1.54, 1.807) is 18.2 Å². The second-order valence-electron chi connectivity index (χ2n) is 5.29. The molecule has 0 radical (unpaired) electrons. The number of hydrogen-bond acceptors (Lipinski definition) is 3. The van der Waals surface area contributed by atoms with E-state index in [2.05, 4.69) is 23.6 Å². The second-order valence-corrected chi connectivity index (χ2v) is 6.94. The highest BCUT2D eigenvalue weighted by Crippen LogP contribution is 2.47. The summed E-state index contributed by atoms with van der Waals surface area (Å²) < 4.78 is 26.2. The highest BCUT2D eigenvalue weighted by atomic mass is 32.2. The van der Waals surface area contributed by atoms with Gasteiger partial charge in [-0.15, -0.1) is 0 Å². The molecule has 1 aliphatic carbocycles. The minimum absolute atomic E-state index is 0.204. The molecule has 0 saturated heterocycles. The minimum Gasteiger partial charge on any atom is -0.263 e. The fourth-order valence-electron chi connectivity index (χ4n) is 2.05. The summed E-state index contributed by atoms with van der Waals surface area (Å²) in [7, 11) is -3.39. The molecule has 1 saturated carbocycles. The summed E-state index contributed by atoms with van der Waals surface area (Å²) in [5.74, 6) is 0.496. The van der Waals surface area contributed by atoms with Crippen molar-refractivity contribution in [3.8, 4) is 0 Å². The van der Waals surface area contributed by atoms with Crippen LogP contribution in [0, 0.1) is 5.41 Å². The molecule has 0 bridgehead atoms. The van der Waals surface area contributed by atoms with Crippen LogP contribution in [-0.2, 0) is 10.0 Å². The molecule has 1 N–H and O–H groups in total. The van der Waals surface area contributed by atoms with Crippen molar-refractivity contribution in [2.24, 2.45) is 10.4 Å². The first-order chi connectivity index (χ1) is 7.90. The van der Waals surface area contributed by atoms with Crippen LogP contribution < -0.4 is 4.72 Å². The molecule has 1 heterocycles. The van der Waals surface area contributed by atoms with Gasteiger partial charge in [0.25, 0.3) is 10.0 Å². The van der Waals surface area contributed by atoms with Gasteiger partial charge in [-0.25, -0.2) is 8.42 Å². The molecular weight excluding hydrogens is 236 g/mol. The van der Waals surface area contributed by atoms with Crippen LogP contribution in [0.3, 0.4) is 0 Å². The third kappa shape index (κ3) is 1.65. The van der Waals surface area contributed by atoms with Gasteiger partial charge in [0.2, 0.25) is 0 Å². The van der Waals surface area contributed by atoms with Gasteiger partial charge in [0.1, 0.15) is 5.84 Å². The molecule has 1 atom stereocenters. The monoisotopic (exact) mass is 250 g/mol. The van der Waals surface area contributed by atoms with Gasteiger partial charge in [0, 0.05) is 5.56 Å². The Morgan fingerprint density at radius 2 is 2.00 bits per heavy atom. The first-order valence-electron chi connectivity index (χ1n) is 5.60. The Morgan fingerprint density at radius 1 is 1.35 bits per heavy atom. The summed E-state index contributed by atoms with van der Waals surface area (Å²) in [5.41, 5.74) is 0.894. The molecule has 4 nitrogen and oxygen atoms in total. The number of sulfonamides is 1. The third-order valence-corrected chi connectivity index (χ3v) is 4.81. The summed E-state index contributed by atoms with van der Waals surface area (Å²) in [6.45, 7) is 4.27. The summed E-state index contributed by atoms with van der Waals surface area (Å²) in [6.07, 6.45) is 1.01. The average molecular weight is 250 g/mol. The first kappa shape index (κ1) is 10.8. The van der Waals surface area contributed by atoms with Crippen LogP contribution in [0.4, 0.5) is 0 Å². The molecule has 1 aliphatic heterocycles. The van der Waals surface area contributed by atoms with Gasteiger partial charge in [-0.05, 0) is 24.0 Å². The van der Waals surface area contributed by atoms with Gasteiger partial charge in [0.15, 0.2) is 0 Å². The Kier molecular flexibility index (Phi) is 1.96. The predicted molar refractivity (Wildman–Crippen MR) is 65.5 cm³/mol. The van der Waals surface area contributed by atoms with Crippen LogP contribution in [0.1, 0.15) is 25.8 Å². The standard InChI is InChI=1S/C12H14N2O2S/c1-12(2)7-10(12)13-11-8-5-3-4-6-9(8)17(15,16)14-11/h3-6,10H,7H2,1-2H3,(H,13,14). The van der Waals surface area contributed by atoms with Crippen molar-refractivity contribution in [1.29, 1.82) is 0 Å². The van der Waals surface area contributed by atoms with Crippen LogP contribution in [0.2, 0.25) is 0 Å². The van der Waals surface area contributed by atoms with Crippen molar-refractivity contribution in [1.82, 2.24) is 4.72 Å². The fourth-order valence-corrected chi connectivity index (χ4v) is 3.28. The quantitative estimate of drug-likeness (QED) is 0.821. The summed E-state index contributed by atoms with van der Waals surface area (Å²) >= 11 is 0. The summed E-state index contributed by atoms with van der Waals surface area (Å²) in [6, 6.07) is 7.18. The van der Waals surface area contributed by atoms with Gasteiger partial charge < -0.3 is 0 Å². The Balaban J connectivity index is 2.06. The number of rotatable bonds is 1. The van der Waals surface area contributed by atoms with Crippen LogP contribution >= 0.6 is 0 Å². The fraction of sp³-hybridized carbons (Fsp3) is 0.417. The number of nitrogens with zero attached hydrogens (tertiary/aromatic N) is 1. The Hall–Kier alpha value is -1.36. The Labute approximate surface area is 101 Å². The van der Waals surface area contributed by atoms with Crippen molar-refractivity contribution in [2.75, 3.05) is 0 Å². The molecule has 0 spiro atoms. The van der Waals surface area contributed by atoms with Crippen molar-refractivity contribution >= 4 is 15.9 Å². The lowest BCUT2D eigenvalue weighted by atomic mass is 10.2. The van der Waals surface area contributed by atoms with Crippen molar-refractivity contribution < 1.29 is 8.42 Å². The third-order valence-electron chi connectivity index (χ3n) is 3.41. The molecule has 1 fully saturated rings. The lowest BCUT2D eigenvalue weighted by molar-refractivity contribution is 0.594. The first-order valence-corrected chi connectivity index (χ1v) is 7.08. The molecule has 90 valence electrons. The second kappa shape index (κ2) is 3.10. The topological polar surface area (TPSA) is 58.5 Å². The SMILES string of the molecule is CC1(C)CC1N=C1NS(=O)(=O)c2ccccc21. The van der Waals surface area contributed by atoms with E-state index >= 15 is 0 Å². The van der Waals surface area contributed by atoms with E-state index in [-0.39, 0.29) is 11.5 Å². The molecule has 3 rings (SSSR count). The maximum Gasteiger partial charge on any atom is 0.263 e. The van der Waals surface area contributed by atoms with Gasteiger partial charge >= 0.3 is 0 Å². The lowest BCUT2D eigenvalue weighted by Crippen LogP contribution is -2.22. The van der Waals surface area contributed by atoms with Crippen LogP contribution in [0.5, 0.6) is 0 Å². The zero-order chi connectivity index (χ0) is 12.3. The summed E-state index contributed by atoms with van der Waals surface area (Å²) in [5, 5.41) is 0. The Bertz CT molecular complexity index is 617. The van der Waals surface area contributed by atoms with E-state index in [9.17, 15) is 8.42 Å². The number of amidine groups is 1. The highest BCUT2D eigenvalue weighted by Gasteiger charge is 2.46.